The second-order valence-corrected chi connectivity index (χ2v) is 4.94. The van der Waals surface area contributed by atoms with E-state index in [-0.39, 0.29) is 0 Å². The zero-order valence-electron chi connectivity index (χ0n) is 9.38. The SMILES string of the molecule is Oc1ccc(Cl)cc1CCC1CCNCC1. The van der Waals surface area contributed by atoms with Crippen LogP contribution in [0, 0.1) is 5.92 Å². The highest BCUT2D eigenvalue weighted by molar-refractivity contribution is 6.30. The minimum absolute atomic E-state index is 0.373. The van der Waals surface area contributed by atoms with E-state index in [0.717, 1.165) is 37.4 Å². The summed E-state index contributed by atoms with van der Waals surface area (Å²) in [6, 6.07) is 5.28. The van der Waals surface area contributed by atoms with E-state index in [9.17, 15) is 5.11 Å². The summed E-state index contributed by atoms with van der Waals surface area (Å²) < 4.78 is 0. The Hall–Kier alpha value is -0.730. The molecule has 3 heteroatoms. The van der Waals surface area contributed by atoms with Crippen LogP contribution in [0.15, 0.2) is 18.2 Å². The van der Waals surface area contributed by atoms with Crippen LogP contribution in [0.2, 0.25) is 5.02 Å². The summed E-state index contributed by atoms with van der Waals surface area (Å²) in [4.78, 5) is 0. The van der Waals surface area contributed by atoms with Crippen molar-refractivity contribution in [2.45, 2.75) is 25.7 Å². The molecule has 1 saturated heterocycles. The maximum Gasteiger partial charge on any atom is 0.118 e. The zero-order chi connectivity index (χ0) is 11.4. The first-order valence-electron chi connectivity index (χ1n) is 5.94. The van der Waals surface area contributed by atoms with Gasteiger partial charge in [-0.1, -0.05) is 11.6 Å². The quantitative estimate of drug-likeness (QED) is 0.850. The molecule has 1 heterocycles. The number of aryl methyl sites for hydroxylation is 1. The lowest BCUT2D eigenvalue weighted by Gasteiger charge is -2.22. The molecule has 0 spiro atoms. The third kappa shape index (κ3) is 3.13. The van der Waals surface area contributed by atoms with E-state index in [1.807, 2.05) is 6.07 Å². The Labute approximate surface area is 102 Å². The van der Waals surface area contributed by atoms with Crippen molar-refractivity contribution < 1.29 is 5.11 Å². The van der Waals surface area contributed by atoms with Crippen molar-refractivity contribution in [1.29, 1.82) is 0 Å². The first kappa shape index (κ1) is 11.7. The van der Waals surface area contributed by atoms with Crippen molar-refractivity contribution in [2.24, 2.45) is 5.92 Å². The molecule has 2 N–H and O–H groups in total. The average molecular weight is 240 g/mol. The summed E-state index contributed by atoms with van der Waals surface area (Å²) in [6.07, 6.45) is 4.58. The van der Waals surface area contributed by atoms with Crippen molar-refractivity contribution in [3.63, 3.8) is 0 Å². The summed E-state index contributed by atoms with van der Waals surface area (Å²) in [5.74, 6) is 1.16. The van der Waals surface area contributed by atoms with E-state index in [4.69, 9.17) is 11.6 Å². The summed E-state index contributed by atoms with van der Waals surface area (Å²) in [5, 5.41) is 13.8. The number of rotatable bonds is 3. The van der Waals surface area contributed by atoms with Crippen molar-refractivity contribution in [1.82, 2.24) is 5.32 Å². The van der Waals surface area contributed by atoms with Crippen molar-refractivity contribution in [3.8, 4) is 5.75 Å². The smallest absolute Gasteiger partial charge is 0.118 e. The van der Waals surface area contributed by atoms with Crippen LogP contribution in [0.1, 0.15) is 24.8 Å². The number of phenols is 1. The molecule has 0 bridgehead atoms. The molecule has 0 amide bonds. The Kier molecular flexibility index (Phi) is 4.08. The Morgan fingerprint density at radius 2 is 2.06 bits per heavy atom. The monoisotopic (exact) mass is 239 g/mol. The lowest BCUT2D eigenvalue weighted by atomic mass is 9.91. The molecule has 0 aromatic heterocycles. The van der Waals surface area contributed by atoms with Crippen LogP contribution in [-0.4, -0.2) is 18.2 Å². The Bertz CT molecular complexity index is 348. The van der Waals surface area contributed by atoms with Gasteiger partial charge in [-0.05, 0) is 68.5 Å². The normalized spacial score (nSPS) is 17.6. The number of benzene rings is 1. The number of nitrogens with one attached hydrogen (secondary N) is 1. The lowest BCUT2D eigenvalue weighted by Crippen LogP contribution is -2.27. The summed E-state index contributed by atoms with van der Waals surface area (Å²) >= 11 is 5.92. The predicted octanol–water partition coefficient (Wildman–Crippen LogP) is 2.98. The van der Waals surface area contributed by atoms with Crippen molar-refractivity contribution in [3.05, 3.63) is 28.8 Å². The highest BCUT2D eigenvalue weighted by atomic mass is 35.5. The molecule has 88 valence electrons. The average Bonchev–Trinajstić information content (AvgIpc) is 2.32. The van der Waals surface area contributed by atoms with Gasteiger partial charge in [-0.15, -0.1) is 0 Å². The van der Waals surface area contributed by atoms with E-state index in [0.29, 0.717) is 10.8 Å². The van der Waals surface area contributed by atoms with Crippen LogP contribution >= 0.6 is 11.6 Å². The van der Waals surface area contributed by atoms with E-state index < -0.39 is 0 Å². The van der Waals surface area contributed by atoms with Gasteiger partial charge in [0.2, 0.25) is 0 Å². The molecule has 0 unspecified atom stereocenters. The first-order valence-corrected chi connectivity index (χ1v) is 6.31. The van der Waals surface area contributed by atoms with Gasteiger partial charge in [-0.3, -0.25) is 0 Å². The van der Waals surface area contributed by atoms with E-state index in [1.54, 1.807) is 12.1 Å². The van der Waals surface area contributed by atoms with E-state index in [1.165, 1.54) is 12.8 Å². The van der Waals surface area contributed by atoms with Gasteiger partial charge in [0.15, 0.2) is 0 Å². The molecular formula is C13H18ClNO. The Balaban J connectivity index is 1.90. The third-order valence-electron chi connectivity index (χ3n) is 3.32. The van der Waals surface area contributed by atoms with Crippen LogP contribution in [0.5, 0.6) is 5.75 Å². The molecule has 1 aliphatic rings. The van der Waals surface area contributed by atoms with E-state index >= 15 is 0 Å². The summed E-state index contributed by atoms with van der Waals surface area (Å²) in [7, 11) is 0. The molecule has 1 aromatic rings. The molecule has 0 saturated carbocycles. The molecular weight excluding hydrogens is 222 g/mol. The molecule has 1 fully saturated rings. The minimum atomic E-state index is 0.373. The molecule has 16 heavy (non-hydrogen) atoms. The van der Waals surface area contributed by atoms with Gasteiger partial charge in [-0.25, -0.2) is 0 Å². The predicted molar refractivity (Wildman–Crippen MR) is 67.0 cm³/mol. The highest BCUT2D eigenvalue weighted by Crippen LogP contribution is 2.25. The van der Waals surface area contributed by atoms with Crippen molar-refractivity contribution in [2.75, 3.05) is 13.1 Å². The fourth-order valence-corrected chi connectivity index (χ4v) is 2.48. The molecule has 0 atom stereocenters. The van der Waals surface area contributed by atoms with Gasteiger partial charge in [0.25, 0.3) is 0 Å². The number of hydrogen-bond donors (Lipinski definition) is 2. The van der Waals surface area contributed by atoms with Crippen LogP contribution in [0.25, 0.3) is 0 Å². The molecule has 0 aliphatic carbocycles. The first-order chi connectivity index (χ1) is 7.75. The van der Waals surface area contributed by atoms with Gasteiger partial charge < -0.3 is 10.4 Å². The molecule has 1 aliphatic heterocycles. The van der Waals surface area contributed by atoms with Crippen LogP contribution in [0.3, 0.4) is 0 Å². The Morgan fingerprint density at radius 3 is 2.81 bits per heavy atom. The topological polar surface area (TPSA) is 32.3 Å². The zero-order valence-corrected chi connectivity index (χ0v) is 10.1. The summed E-state index contributed by atoms with van der Waals surface area (Å²) in [5.41, 5.74) is 0.978. The van der Waals surface area contributed by atoms with Crippen LogP contribution < -0.4 is 5.32 Å². The number of halogens is 1. The molecule has 2 rings (SSSR count). The number of piperidine rings is 1. The summed E-state index contributed by atoms with van der Waals surface area (Å²) in [6.45, 7) is 2.26. The maximum atomic E-state index is 9.69. The third-order valence-corrected chi connectivity index (χ3v) is 3.56. The molecule has 0 radical (unpaired) electrons. The lowest BCUT2D eigenvalue weighted by molar-refractivity contribution is 0.352. The minimum Gasteiger partial charge on any atom is -0.508 e. The van der Waals surface area contributed by atoms with Gasteiger partial charge in [0, 0.05) is 5.02 Å². The maximum absolute atomic E-state index is 9.69. The molecule has 1 aromatic carbocycles. The fraction of sp³-hybridized carbons (Fsp3) is 0.538. The standard InChI is InChI=1S/C13H18ClNO/c14-12-3-4-13(16)11(9-12)2-1-10-5-7-15-8-6-10/h3-4,9-10,15-16H,1-2,5-8H2. The second-order valence-electron chi connectivity index (χ2n) is 4.51. The fourth-order valence-electron chi connectivity index (χ4n) is 2.28. The van der Waals surface area contributed by atoms with Gasteiger partial charge in [-0.2, -0.15) is 0 Å². The van der Waals surface area contributed by atoms with E-state index in [2.05, 4.69) is 5.32 Å². The second kappa shape index (κ2) is 5.55. The van der Waals surface area contributed by atoms with Crippen LogP contribution in [0.4, 0.5) is 0 Å². The largest absolute Gasteiger partial charge is 0.508 e. The van der Waals surface area contributed by atoms with Crippen LogP contribution in [-0.2, 0) is 6.42 Å². The van der Waals surface area contributed by atoms with Gasteiger partial charge >= 0.3 is 0 Å². The number of phenolic OH excluding ortho intramolecular Hbond substituents is 1. The van der Waals surface area contributed by atoms with Crippen molar-refractivity contribution >= 4 is 11.6 Å². The highest BCUT2D eigenvalue weighted by Gasteiger charge is 2.13. The Morgan fingerprint density at radius 1 is 1.31 bits per heavy atom. The van der Waals surface area contributed by atoms with Gasteiger partial charge in [0.05, 0.1) is 0 Å². The number of hydrogen-bond acceptors (Lipinski definition) is 2. The van der Waals surface area contributed by atoms with Gasteiger partial charge in [0.1, 0.15) is 5.75 Å². The molecule has 2 nitrogen and oxygen atoms in total. The number of aromatic hydroxyl groups is 1.